The Bertz CT molecular complexity index is 497. The molecular formula is C12H8P2. The summed E-state index contributed by atoms with van der Waals surface area (Å²) >= 11 is 0. The highest BCUT2D eigenvalue weighted by molar-refractivity contribution is 7.53. The Morgan fingerprint density at radius 3 is 1.07 bits per heavy atom. The molecular weight excluding hydrogens is 206 g/mol. The lowest BCUT2D eigenvalue weighted by Gasteiger charge is -1.99. The van der Waals surface area contributed by atoms with Crippen LogP contribution < -0.4 is 0 Å². The topological polar surface area (TPSA) is 0 Å². The van der Waals surface area contributed by atoms with Crippen molar-refractivity contribution >= 4 is 36.9 Å². The number of hydrogen-bond acceptors (Lipinski definition) is 0. The van der Waals surface area contributed by atoms with Gasteiger partial charge in [-0.3, -0.25) is 0 Å². The van der Waals surface area contributed by atoms with E-state index in [9.17, 15) is 0 Å². The van der Waals surface area contributed by atoms with Crippen molar-refractivity contribution in [1.29, 1.82) is 0 Å². The van der Waals surface area contributed by atoms with Crippen molar-refractivity contribution < 1.29 is 0 Å². The number of fused-ring (bicyclic) bond motifs is 2. The van der Waals surface area contributed by atoms with E-state index < -0.39 is 0 Å². The molecule has 0 aliphatic carbocycles. The molecule has 0 unspecified atom stereocenters. The minimum absolute atomic E-state index is 1.36. The zero-order chi connectivity index (χ0) is 9.38. The minimum atomic E-state index is 1.36. The van der Waals surface area contributed by atoms with E-state index in [4.69, 9.17) is 0 Å². The van der Waals surface area contributed by atoms with Gasteiger partial charge in [0.1, 0.15) is 0 Å². The molecule has 0 spiro atoms. The maximum Gasteiger partial charge on any atom is 0.0142 e. The lowest BCUT2D eigenvalue weighted by molar-refractivity contribution is 1.87. The van der Waals surface area contributed by atoms with Gasteiger partial charge in [0.2, 0.25) is 0 Å². The van der Waals surface area contributed by atoms with Crippen molar-refractivity contribution in [3.63, 3.8) is 0 Å². The van der Waals surface area contributed by atoms with Gasteiger partial charge in [-0.25, -0.2) is 0 Å². The summed E-state index contributed by atoms with van der Waals surface area (Å²) in [5.41, 5.74) is 0. The second-order valence-corrected chi connectivity index (χ2v) is 5.58. The Morgan fingerprint density at radius 1 is 0.500 bits per heavy atom. The summed E-state index contributed by atoms with van der Waals surface area (Å²) in [6, 6.07) is 17.4. The maximum atomic E-state index is 2.22. The Hall–Kier alpha value is -0.960. The van der Waals surface area contributed by atoms with E-state index >= 15 is 0 Å². The number of benzene rings is 2. The Labute approximate surface area is 85.8 Å². The second kappa shape index (κ2) is 3.31. The van der Waals surface area contributed by atoms with Gasteiger partial charge in [0.05, 0.1) is 0 Å². The fourth-order valence-electron chi connectivity index (χ4n) is 1.57. The van der Waals surface area contributed by atoms with Crippen LogP contribution in [0.4, 0.5) is 0 Å². The van der Waals surface area contributed by atoms with Gasteiger partial charge in [-0.05, 0) is 24.3 Å². The van der Waals surface area contributed by atoms with Gasteiger partial charge in [0.25, 0.3) is 0 Å². The van der Waals surface area contributed by atoms with Crippen LogP contribution in [0.25, 0.3) is 20.5 Å². The van der Waals surface area contributed by atoms with Gasteiger partial charge in [-0.15, -0.1) is 0 Å². The summed E-state index contributed by atoms with van der Waals surface area (Å²) in [4.78, 5) is 0. The first-order valence-corrected chi connectivity index (χ1v) is 6.34. The highest BCUT2D eigenvalue weighted by Gasteiger charge is 1.96. The molecule has 2 aromatic carbocycles. The van der Waals surface area contributed by atoms with E-state index in [-0.39, 0.29) is 0 Å². The maximum absolute atomic E-state index is 2.22. The molecule has 3 aromatic rings. The van der Waals surface area contributed by atoms with E-state index in [2.05, 4.69) is 48.5 Å². The Morgan fingerprint density at radius 2 is 0.786 bits per heavy atom. The van der Waals surface area contributed by atoms with Crippen LogP contribution in [0, 0.1) is 0 Å². The molecule has 2 heteroatoms. The summed E-state index contributed by atoms with van der Waals surface area (Å²) in [6.45, 7) is 0. The molecule has 0 fully saturated rings. The van der Waals surface area contributed by atoms with Crippen LogP contribution in [-0.2, 0) is 0 Å². The van der Waals surface area contributed by atoms with Crippen molar-refractivity contribution in [2.45, 2.75) is 0 Å². The Kier molecular flexibility index (Phi) is 1.98. The van der Waals surface area contributed by atoms with E-state index in [1.54, 1.807) is 0 Å². The molecule has 0 saturated carbocycles. The van der Waals surface area contributed by atoms with Crippen molar-refractivity contribution in [2.75, 3.05) is 0 Å². The van der Waals surface area contributed by atoms with E-state index in [0.29, 0.717) is 0 Å². The summed E-state index contributed by atoms with van der Waals surface area (Å²) < 4.78 is 0. The smallest absolute Gasteiger partial charge is 0.0142 e. The minimum Gasteiger partial charge on any atom is -0.0613 e. The van der Waals surface area contributed by atoms with Gasteiger partial charge in [0, 0.05) is 20.5 Å². The molecule has 3 rings (SSSR count). The molecule has 1 aromatic heterocycles. The zero-order valence-corrected chi connectivity index (χ0v) is 9.30. The average molecular weight is 214 g/mol. The van der Waals surface area contributed by atoms with Crippen LogP contribution in [0.5, 0.6) is 0 Å². The highest BCUT2D eigenvalue weighted by Crippen LogP contribution is 2.38. The fourth-order valence-corrected chi connectivity index (χ4v) is 4.08. The third-order valence-corrected chi connectivity index (χ3v) is 5.12. The molecule has 0 aliphatic rings. The molecule has 0 bridgehead atoms. The monoisotopic (exact) mass is 214 g/mol. The summed E-state index contributed by atoms with van der Waals surface area (Å²) in [5.74, 6) is 0. The van der Waals surface area contributed by atoms with Gasteiger partial charge in [-0.2, -0.15) is 0 Å². The number of hydrogen-bond donors (Lipinski definition) is 0. The molecule has 0 N–H and O–H groups in total. The first-order valence-electron chi connectivity index (χ1n) is 4.55. The zero-order valence-electron chi connectivity index (χ0n) is 7.51. The lowest BCUT2D eigenvalue weighted by atomic mass is 10.4. The quantitative estimate of drug-likeness (QED) is 0.454. The van der Waals surface area contributed by atoms with Crippen LogP contribution in [0.15, 0.2) is 48.5 Å². The second-order valence-electron chi connectivity index (χ2n) is 3.20. The fraction of sp³-hybridized carbons (Fsp3) is 0. The molecule has 0 aliphatic heterocycles. The van der Waals surface area contributed by atoms with Crippen molar-refractivity contribution in [1.82, 2.24) is 0 Å². The molecule has 0 amide bonds. The lowest BCUT2D eigenvalue weighted by Crippen LogP contribution is -1.64. The molecule has 66 valence electrons. The summed E-state index contributed by atoms with van der Waals surface area (Å²) in [6.07, 6.45) is 0. The van der Waals surface area contributed by atoms with Crippen LogP contribution in [0.1, 0.15) is 0 Å². The van der Waals surface area contributed by atoms with Crippen molar-refractivity contribution in [3.8, 4) is 0 Å². The summed E-state index contributed by atoms with van der Waals surface area (Å²) in [5, 5.41) is 5.81. The van der Waals surface area contributed by atoms with E-state index in [0.717, 1.165) is 0 Å². The normalized spacial score (nSPS) is 12.0. The SMILES string of the molecule is c1ccc2pc3ccccc3pc2c1. The molecule has 0 saturated heterocycles. The van der Waals surface area contributed by atoms with E-state index in [1.807, 2.05) is 0 Å². The van der Waals surface area contributed by atoms with Gasteiger partial charge in [-0.1, -0.05) is 40.7 Å². The molecule has 0 atom stereocenters. The molecule has 14 heavy (non-hydrogen) atoms. The summed E-state index contributed by atoms with van der Waals surface area (Å²) in [7, 11) is 2.71. The Balaban J connectivity index is 2.52. The predicted molar refractivity (Wildman–Crippen MR) is 66.5 cm³/mol. The molecule has 1 heterocycles. The van der Waals surface area contributed by atoms with Crippen molar-refractivity contribution in [2.24, 2.45) is 0 Å². The third-order valence-electron chi connectivity index (χ3n) is 2.25. The van der Waals surface area contributed by atoms with Crippen LogP contribution >= 0.6 is 16.4 Å². The van der Waals surface area contributed by atoms with Crippen LogP contribution in [-0.4, -0.2) is 0 Å². The van der Waals surface area contributed by atoms with Gasteiger partial charge < -0.3 is 0 Å². The van der Waals surface area contributed by atoms with E-state index in [1.165, 1.54) is 36.9 Å². The first-order chi connectivity index (χ1) is 6.93. The number of rotatable bonds is 0. The average Bonchev–Trinajstić information content (AvgIpc) is 2.26. The van der Waals surface area contributed by atoms with Crippen molar-refractivity contribution in [3.05, 3.63) is 48.5 Å². The first kappa shape index (κ1) is 8.36. The highest BCUT2D eigenvalue weighted by atomic mass is 31.0. The van der Waals surface area contributed by atoms with Gasteiger partial charge in [0.15, 0.2) is 0 Å². The largest absolute Gasteiger partial charge is 0.0613 e. The van der Waals surface area contributed by atoms with Gasteiger partial charge >= 0.3 is 0 Å². The molecule has 0 nitrogen and oxygen atoms in total. The van der Waals surface area contributed by atoms with Crippen LogP contribution in [0.3, 0.4) is 0 Å². The third kappa shape index (κ3) is 1.32. The van der Waals surface area contributed by atoms with Crippen LogP contribution in [0.2, 0.25) is 0 Å². The predicted octanol–water partition coefficient (Wildman–Crippen LogP) is 5.15. The molecule has 0 radical (unpaired) electrons. The standard InChI is InChI=1S/C12H8P2/c1-2-6-10-9(5-1)13-11-7-3-4-8-12(11)14-10/h1-8H.